The number of amides is 1. The Kier molecular flexibility index (Phi) is 3.90. The van der Waals surface area contributed by atoms with Crippen molar-refractivity contribution >= 4 is 5.91 Å². The highest BCUT2D eigenvalue weighted by Crippen LogP contribution is 2.11. The number of nitrogens with zero attached hydrogens (tertiary/aromatic N) is 2. The van der Waals surface area contributed by atoms with E-state index in [1.54, 1.807) is 7.11 Å². The van der Waals surface area contributed by atoms with E-state index in [1.807, 2.05) is 24.3 Å². The summed E-state index contributed by atoms with van der Waals surface area (Å²) in [5, 5.41) is 9.55. The Morgan fingerprint density at radius 1 is 1.39 bits per heavy atom. The van der Waals surface area contributed by atoms with E-state index in [1.165, 1.54) is 6.20 Å². The predicted molar refractivity (Wildman–Crippen MR) is 63.3 cm³/mol. The fourth-order valence-corrected chi connectivity index (χ4v) is 1.47. The van der Waals surface area contributed by atoms with Crippen molar-refractivity contribution in [3.8, 4) is 5.75 Å². The molecule has 0 aliphatic rings. The molecule has 0 unspecified atom stereocenters. The van der Waals surface area contributed by atoms with E-state index in [0.29, 0.717) is 6.54 Å². The topological polar surface area (TPSA) is 77.2 Å². The van der Waals surface area contributed by atoms with E-state index in [2.05, 4.69) is 20.3 Å². The van der Waals surface area contributed by atoms with Crippen molar-refractivity contribution in [1.29, 1.82) is 0 Å². The molecule has 1 amide bonds. The van der Waals surface area contributed by atoms with Gasteiger partial charge in [0, 0.05) is 6.54 Å². The second-order valence-corrected chi connectivity index (χ2v) is 3.65. The molecular formula is C12H13N3O3. The van der Waals surface area contributed by atoms with Gasteiger partial charge in [-0.2, -0.15) is 0 Å². The van der Waals surface area contributed by atoms with Crippen molar-refractivity contribution in [2.75, 3.05) is 13.7 Å². The van der Waals surface area contributed by atoms with Gasteiger partial charge in [-0.25, -0.2) is 4.63 Å². The maximum absolute atomic E-state index is 11.5. The average molecular weight is 247 g/mol. The van der Waals surface area contributed by atoms with Gasteiger partial charge in [0.05, 0.1) is 7.11 Å². The molecule has 6 nitrogen and oxygen atoms in total. The maximum Gasteiger partial charge on any atom is 0.275 e. The van der Waals surface area contributed by atoms with Crippen LogP contribution in [-0.4, -0.2) is 29.9 Å². The number of hydrogen-bond acceptors (Lipinski definition) is 5. The van der Waals surface area contributed by atoms with Gasteiger partial charge in [-0.15, -0.1) is 0 Å². The van der Waals surface area contributed by atoms with Crippen molar-refractivity contribution in [3.63, 3.8) is 0 Å². The second kappa shape index (κ2) is 5.81. The van der Waals surface area contributed by atoms with Crippen molar-refractivity contribution in [2.45, 2.75) is 6.42 Å². The smallest absolute Gasteiger partial charge is 0.275 e. The summed E-state index contributed by atoms with van der Waals surface area (Å²) in [6.07, 6.45) is 2.02. The van der Waals surface area contributed by atoms with Crippen molar-refractivity contribution < 1.29 is 14.2 Å². The van der Waals surface area contributed by atoms with Gasteiger partial charge in [0.2, 0.25) is 0 Å². The van der Waals surface area contributed by atoms with Crippen LogP contribution in [0, 0.1) is 0 Å². The normalized spacial score (nSPS) is 10.1. The lowest BCUT2D eigenvalue weighted by molar-refractivity contribution is 0.0944. The maximum atomic E-state index is 11.5. The molecule has 1 aromatic carbocycles. The number of carbonyl (C=O) groups is 1. The molecule has 0 fully saturated rings. The standard InChI is InChI=1S/C12H13N3O3/c1-17-10-4-2-9(3-5-10)6-7-13-12(16)11-8-14-18-15-11/h2-5,8H,6-7H2,1H3,(H,13,16). The van der Waals surface area contributed by atoms with Gasteiger partial charge in [0.25, 0.3) is 5.91 Å². The first kappa shape index (κ1) is 12.1. The minimum absolute atomic E-state index is 0.185. The number of benzene rings is 1. The lowest BCUT2D eigenvalue weighted by atomic mass is 10.1. The van der Waals surface area contributed by atoms with Crippen molar-refractivity contribution in [2.24, 2.45) is 0 Å². The molecule has 0 aliphatic heterocycles. The van der Waals surface area contributed by atoms with Crippen LogP contribution in [0.5, 0.6) is 5.75 Å². The number of hydrogen-bond donors (Lipinski definition) is 1. The van der Waals surface area contributed by atoms with Gasteiger partial charge in [0.15, 0.2) is 5.69 Å². The number of ether oxygens (including phenoxy) is 1. The lowest BCUT2D eigenvalue weighted by Crippen LogP contribution is -2.25. The van der Waals surface area contributed by atoms with E-state index >= 15 is 0 Å². The van der Waals surface area contributed by atoms with Crippen LogP contribution >= 0.6 is 0 Å². The molecule has 1 heterocycles. The van der Waals surface area contributed by atoms with Crippen LogP contribution in [0.15, 0.2) is 35.1 Å². The largest absolute Gasteiger partial charge is 0.497 e. The van der Waals surface area contributed by atoms with Gasteiger partial charge < -0.3 is 10.1 Å². The molecule has 6 heteroatoms. The lowest BCUT2D eigenvalue weighted by Gasteiger charge is -2.04. The monoisotopic (exact) mass is 247 g/mol. The molecule has 0 saturated carbocycles. The Morgan fingerprint density at radius 2 is 2.17 bits per heavy atom. The zero-order valence-electron chi connectivity index (χ0n) is 9.92. The fourth-order valence-electron chi connectivity index (χ4n) is 1.47. The highest BCUT2D eigenvalue weighted by molar-refractivity contribution is 5.91. The quantitative estimate of drug-likeness (QED) is 0.854. The van der Waals surface area contributed by atoms with Gasteiger partial charge in [0.1, 0.15) is 11.9 Å². The Morgan fingerprint density at radius 3 is 2.78 bits per heavy atom. The first-order valence-electron chi connectivity index (χ1n) is 5.48. The van der Waals surface area contributed by atoms with E-state index in [4.69, 9.17) is 4.74 Å². The third kappa shape index (κ3) is 3.07. The Balaban J connectivity index is 1.79. The van der Waals surface area contributed by atoms with E-state index in [-0.39, 0.29) is 11.6 Å². The van der Waals surface area contributed by atoms with Gasteiger partial charge in [-0.05, 0) is 29.3 Å². The highest BCUT2D eigenvalue weighted by Gasteiger charge is 2.08. The van der Waals surface area contributed by atoms with Gasteiger partial charge in [-0.3, -0.25) is 4.79 Å². The van der Waals surface area contributed by atoms with Crippen LogP contribution < -0.4 is 10.1 Å². The molecule has 94 valence electrons. The van der Waals surface area contributed by atoms with Crippen LogP contribution in [0.25, 0.3) is 0 Å². The third-order valence-electron chi connectivity index (χ3n) is 2.45. The number of methoxy groups -OCH3 is 1. The van der Waals surface area contributed by atoms with Gasteiger partial charge in [-0.1, -0.05) is 17.3 Å². The van der Waals surface area contributed by atoms with E-state index < -0.39 is 0 Å². The number of carbonyl (C=O) groups excluding carboxylic acids is 1. The van der Waals surface area contributed by atoms with Crippen LogP contribution in [0.4, 0.5) is 0 Å². The molecule has 0 saturated heterocycles. The third-order valence-corrected chi connectivity index (χ3v) is 2.45. The molecule has 1 N–H and O–H groups in total. The Hall–Kier alpha value is -2.37. The molecule has 2 rings (SSSR count). The van der Waals surface area contributed by atoms with E-state index in [9.17, 15) is 4.79 Å². The Labute approximate surface area is 104 Å². The molecule has 0 aliphatic carbocycles. The van der Waals surface area contributed by atoms with Gasteiger partial charge >= 0.3 is 0 Å². The summed E-state index contributed by atoms with van der Waals surface area (Å²) in [5.74, 6) is 0.529. The van der Waals surface area contributed by atoms with Crippen molar-refractivity contribution in [3.05, 3.63) is 41.7 Å². The van der Waals surface area contributed by atoms with Crippen molar-refractivity contribution in [1.82, 2.24) is 15.6 Å². The Bertz CT molecular complexity index is 494. The minimum atomic E-state index is -0.287. The molecule has 18 heavy (non-hydrogen) atoms. The molecule has 0 radical (unpaired) electrons. The average Bonchev–Trinajstić information content (AvgIpc) is 2.93. The fraction of sp³-hybridized carbons (Fsp3) is 0.250. The zero-order valence-corrected chi connectivity index (χ0v) is 9.92. The molecule has 2 aromatic rings. The molecule has 0 atom stereocenters. The summed E-state index contributed by atoms with van der Waals surface area (Å²) in [7, 11) is 1.63. The van der Waals surface area contributed by atoms with Crippen LogP contribution in [0.1, 0.15) is 16.1 Å². The second-order valence-electron chi connectivity index (χ2n) is 3.65. The molecule has 0 bridgehead atoms. The summed E-state index contributed by atoms with van der Waals surface area (Å²) in [6.45, 7) is 0.526. The summed E-state index contributed by atoms with van der Waals surface area (Å²) in [6, 6.07) is 7.70. The summed E-state index contributed by atoms with van der Waals surface area (Å²) in [5.41, 5.74) is 1.30. The van der Waals surface area contributed by atoms with Crippen LogP contribution in [0.2, 0.25) is 0 Å². The number of aromatic nitrogens is 2. The summed E-state index contributed by atoms with van der Waals surface area (Å²) in [4.78, 5) is 11.5. The predicted octanol–water partition coefficient (Wildman–Crippen LogP) is 1.05. The summed E-state index contributed by atoms with van der Waals surface area (Å²) >= 11 is 0. The SMILES string of the molecule is COc1ccc(CCNC(=O)c2cnon2)cc1. The summed E-state index contributed by atoms with van der Waals surface area (Å²) < 4.78 is 9.42. The van der Waals surface area contributed by atoms with E-state index in [0.717, 1.165) is 17.7 Å². The number of nitrogens with one attached hydrogen (secondary N) is 1. The first-order chi connectivity index (χ1) is 8.79. The van der Waals surface area contributed by atoms with Crippen LogP contribution in [0.3, 0.4) is 0 Å². The first-order valence-corrected chi connectivity index (χ1v) is 5.48. The molecular weight excluding hydrogens is 234 g/mol. The molecule has 0 spiro atoms. The zero-order chi connectivity index (χ0) is 12.8. The minimum Gasteiger partial charge on any atom is -0.497 e. The molecule has 1 aromatic heterocycles. The number of rotatable bonds is 5. The van der Waals surface area contributed by atoms with Crippen LogP contribution in [-0.2, 0) is 6.42 Å². The highest BCUT2D eigenvalue weighted by atomic mass is 16.6.